The molecule has 0 saturated carbocycles. The molecule has 0 aliphatic carbocycles. The summed E-state index contributed by atoms with van der Waals surface area (Å²) in [6.07, 6.45) is -0.450. The van der Waals surface area contributed by atoms with Gasteiger partial charge in [0, 0.05) is 6.92 Å². The Morgan fingerprint density at radius 1 is 1.20 bits per heavy atom. The van der Waals surface area contributed by atoms with Crippen LogP contribution in [0, 0.1) is 5.21 Å². The van der Waals surface area contributed by atoms with Crippen molar-refractivity contribution in [2.45, 2.75) is 52.9 Å². The monoisotopic (exact) mass is 218 g/mol. The standard InChI is InChI=1S/C9H18N2O4/c1-6(2)14-9(12)8(5)11(13)10-15-7(3)4/h6-8H,1-5H3/b11-10-. The van der Waals surface area contributed by atoms with E-state index in [9.17, 15) is 10.0 Å². The number of carbonyl (C=O) groups is 1. The van der Waals surface area contributed by atoms with Crippen molar-refractivity contribution < 1.29 is 19.2 Å². The molecular formula is C9H18N2O4. The van der Waals surface area contributed by atoms with Crippen molar-refractivity contribution in [3.8, 4) is 0 Å². The molecule has 0 spiro atoms. The normalized spacial score (nSPS) is 14.2. The lowest BCUT2D eigenvalue weighted by Crippen LogP contribution is -2.30. The van der Waals surface area contributed by atoms with E-state index in [1.807, 2.05) is 0 Å². The molecule has 6 heteroatoms. The summed E-state index contributed by atoms with van der Waals surface area (Å²) in [6.45, 7) is 8.29. The van der Waals surface area contributed by atoms with Crippen LogP contribution in [0.25, 0.3) is 0 Å². The van der Waals surface area contributed by atoms with Gasteiger partial charge >= 0.3 is 5.97 Å². The largest absolute Gasteiger partial charge is 0.597 e. The molecule has 0 bridgehead atoms. The van der Waals surface area contributed by atoms with Gasteiger partial charge in [0.2, 0.25) is 5.28 Å². The van der Waals surface area contributed by atoms with Gasteiger partial charge in [0.25, 0.3) is 6.04 Å². The van der Waals surface area contributed by atoms with Crippen LogP contribution in [0.5, 0.6) is 0 Å². The van der Waals surface area contributed by atoms with E-state index in [2.05, 4.69) is 5.28 Å². The van der Waals surface area contributed by atoms with Crippen LogP contribution in [-0.2, 0) is 14.4 Å². The van der Waals surface area contributed by atoms with Gasteiger partial charge in [-0.2, -0.15) is 0 Å². The van der Waals surface area contributed by atoms with Gasteiger partial charge in [-0.25, -0.2) is 4.79 Å². The molecule has 0 radical (unpaired) electrons. The summed E-state index contributed by atoms with van der Waals surface area (Å²) in [5, 5.41) is 14.4. The molecule has 0 aromatic rings. The fourth-order valence-corrected chi connectivity index (χ4v) is 0.632. The number of rotatable bonds is 5. The number of hydrogen-bond donors (Lipinski definition) is 0. The predicted octanol–water partition coefficient (Wildman–Crippen LogP) is 1.63. The topological polar surface area (TPSA) is 74.0 Å². The molecule has 0 fully saturated rings. The van der Waals surface area contributed by atoms with Crippen LogP contribution >= 0.6 is 0 Å². The molecule has 0 saturated heterocycles. The van der Waals surface area contributed by atoms with Crippen molar-refractivity contribution in [2.24, 2.45) is 5.28 Å². The number of ether oxygens (including phenoxy) is 1. The summed E-state index contributed by atoms with van der Waals surface area (Å²) < 4.78 is 4.84. The minimum atomic E-state index is -0.994. The van der Waals surface area contributed by atoms with Gasteiger partial charge < -0.3 is 14.8 Å². The average molecular weight is 218 g/mol. The number of hydrogen-bond acceptors (Lipinski definition) is 5. The van der Waals surface area contributed by atoms with Gasteiger partial charge in [0.15, 0.2) is 0 Å². The Bertz CT molecular complexity index is 238. The molecule has 0 aromatic carbocycles. The zero-order valence-electron chi connectivity index (χ0n) is 9.76. The number of nitrogens with zero attached hydrogens (tertiary/aromatic N) is 2. The Balaban J connectivity index is 4.24. The van der Waals surface area contributed by atoms with E-state index in [1.165, 1.54) is 6.92 Å². The first-order chi connectivity index (χ1) is 6.84. The third-order valence-electron chi connectivity index (χ3n) is 1.36. The zero-order valence-corrected chi connectivity index (χ0v) is 9.76. The summed E-state index contributed by atoms with van der Waals surface area (Å²) in [4.78, 5) is 16.2. The number of hydroxylamine groups is 1. The second-order valence-corrected chi connectivity index (χ2v) is 3.70. The molecular weight excluding hydrogens is 200 g/mol. The SMILES string of the molecule is CC(C)O/N=[N+](\[O-])C(C)C(=O)OC(C)C. The highest BCUT2D eigenvalue weighted by Crippen LogP contribution is 1.99. The second-order valence-electron chi connectivity index (χ2n) is 3.70. The van der Waals surface area contributed by atoms with E-state index in [4.69, 9.17) is 9.57 Å². The molecule has 0 N–H and O–H groups in total. The Morgan fingerprint density at radius 3 is 2.13 bits per heavy atom. The van der Waals surface area contributed by atoms with Crippen LogP contribution in [0.2, 0.25) is 0 Å². The first-order valence-electron chi connectivity index (χ1n) is 4.88. The van der Waals surface area contributed by atoms with Crippen LogP contribution in [0.4, 0.5) is 0 Å². The molecule has 6 nitrogen and oxygen atoms in total. The maximum absolute atomic E-state index is 11.3. The van der Waals surface area contributed by atoms with E-state index in [0.717, 1.165) is 0 Å². The fraction of sp³-hybridized carbons (Fsp3) is 0.889. The molecule has 1 atom stereocenters. The lowest BCUT2D eigenvalue weighted by atomic mass is 10.3. The quantitative estimate of drug-likeness (QED) is 0.304. The summed E-state index contributed by atoms with van der Waals surface area (Å²) in [6, 6.07) is -0.994. The summed E-state index contributed by atoms with van der Waals surface area (Å²) in [5.74, 6) is -0.615. The minimum Gasteiger partial charge on any atom is -0.597 e. The zero-order chi connectivity index (χ0) is 12.0. The highest BCUT2D eigenvalue weighted by molar-refractivity contribution is 5.73. The maximum Gasteiger partial charge on any atom is 0.379 e. The smallest absolute Gasteiger partial charge is 0.379 e. The molecule has 0 rings (SSSR count). The van der Waals surface area contributed by atoms with Crippen molar-refractivity contribution >= 4 is 5.97 Å². The molecule has 0 amide bonds. The average Bonchev–Trinajstić information content (AvgIpc) is 2.11. The van der Waals surface area contributed by atoms with E-state index >= 15 is 0 Å². The molecule has 0 aliphatic heterocycles. The van der Waals surface area contributed by atoms with Gasteiger partial charge in [-0.05, 0) is 32.6 Å². The van der Waals surface area contributed by atoms with Crippen molar-refractivity contribution in [3.63, 3.8) is 0 Å². The lowest BCUT2D eigenvalue weighted by Gasteiger charge is -2.11. The predicted molar refractivity (Wildman–Crippen MR) is 53.0 cm³/mol. The van der Waals surface area contributed by atoms with Gasteiger partial charge in [-0.3, -0.25) is 0 Å². The van der Waals surface area contributed by atoms with Crippen LogP contribution in [0.1, 0.15) is 34.6 Å². The third-order valence-corrected chi connectivity index (χ3v) is 1.36. The molecule has 1 unspecified atom stereocenters. The van der Waals surface area contributed by atoms with Crippen molar-refractivity contribution in [2.75, 3.05) is 0 Å². The Labute approximate surface area is 89.4 Å². The van der Waals surface area contributed by atoms with Crippen LogP contribution in [0.3, 0.4) is 0 Å². The first-order valence-corrected chi connectivity index (χ1v) is 4.88. The van der Waals surface area contributed by atoms with Gasteiger partial charge in [-0.15, -0.1) is 0 Å². The van der Waals surface area contributed by atoms with Crippen LogP contribution in [-0.4, -0.2) is 29.1 Å². The fourth-order valence-electron chi connectivity index (χ4n) is 0.632. The van der Waals surface area contributed by atoms with Crippen molar-refractivity contribution in [1.82, 2.24) is 0 Å². The van der Waals surface area contributed by atoms with E-state index in [-0.39, 0.29) is 17.1 Å². The Morgan fingerprint density at radius 2 is 1.73 bits per heavy atom. The van der Waals surface area contributed by atoms with Crippen molar-refractivity contribution in [3.05, 3.63) is 5.21 Å². The highest BCUT2D eigenvalue weighted by Gasteiger charge is 2.25. The van der Waals surface area contributed by atoms with Gasteiger partial charge in [0.1, 0.15) is 6.10 Å². The molecule has 15 heavy (non-hydrogen) atoms. The van der Waals surface area contributed by atoms with Crippen LogP contribution in [0.15, 0.2) is 5.28 Å². The molecule has 88 valence electrons. The minimum absolute atomic E-state index is 0.199. The molecule has 0 aliphatic rings. The van der Waals surface area contributed by atoms with E-state index in [1.54, 1.807) is 27.7 Å². The first kappa shape index (κ1) is 13.7. The summed E-state index contributed by atoms with van der Waals surface area (Å²) in [7, 11) is 0. The summed E-state index contributed by atoms with van der Waals surface area (Å²) >= 11 is 0. The van der Waals surface area contributed by atoms with E-state index < -0.39 is 12.0 Å². The van der Waals surface area contributed by atoms with Gasteiger partial charge in [-0.1, -0.05) is 0 Å². The molecule has 0 aromatic heterocycles. The van der Waals surface area contributed by atoms with Crippen LogP contribution < -0.4 is 0 Å². The highest BCUT2D eigenvalue weighted by atomic mass is 16.7. The number of carbonyl (C=O) groups excluding carboxylic acids is 1. The Kier molecular flexibility index (Phi) is 5.66. The summed E-state index contributed by atoms with van der Waals surface area (Å²) in [5.41, 5.74) is 0. The van der Waals surface area contributed by atoms with Gasteiger partial charge in [0.05, 0.1) is 6.10 Å². The number of esters is 1. The lowest BCUT2D eigenvalue weighted by molar-refractivity contribution is -0.581. The maximum atomic E-state index is 11.3. The van der Waals surface area contributed by atoms with E-state index in [0.29, 0.717) is 0 Å². The Hall–Kier alpha value is -1.33. The van der Waals surface area contributed by atoms with Crippen molar-refractivity contribution in [1.29, 1.82) is 0 Å². The second kappa shape index (κ2) is 6.21. The molecule has 0 heterocycles. The third kappa shape index (κ3) is 5.87.